The quantitative estimate of drug-likeness (QED) is 0.660. The van der Waals surface area contributed by atoms with Crippen LogP contribution in [0.4, 0.5) is 4.39 Å². The molecule has 108 valence electrons. The van der Waals surface area contributed by atoms with Gasteiger partial charge in [0.25, 0.3) is 0 Å². The topological polar surface area (TPSA) is 12.0 Å². The van der Waals surface area contributed by atoms with Gasteiger partial charge < -0.3 is 5.32 Å². The first kappa shape index (κ1) is 16.0. The van der Waals surface area contributed by atoms with E-state index in [1.807, 2.05) is 6.92 Å². The summed E-state index contributed by atoms with van der Waals surface area (Å²) in [7, 11) is 0. The third-order valence-electron chi connectivity index (χ3n) is 3.18. The predicted octanol–water partition coefficient (Wildman–Crippen LogP) is 5.70. The van der Waals surface area contributed by atoms with Gasteiger partial charge in [-0.15, -0.1) is 0 Å². The van der Waals surface area contributed by atoms with E-state index in [9.17, 15) is 4.39 Å². The Hall–Kier alpha value is -0.420. The van der Waals surface area contributed by atoms with Crippen LogP contribution in [-0.2, 0) is 0 Å². The van der Waals surface area contributed by atoms with Crippen molar-refractivity contribution in [3.05, 3.63) is 54.9 Å². The van der Waals surface area contributed by atoms with Crippen LogP contribution in [0.3, 0.4) is 0 Å². The molecule has 0 fully saturated rings. The summed E-state index contributed by atoms with van der Waals surface area (Å²) in [4.78, 5) is 0. The number of hydrogen-bond donors (Lipinski definition) is 1. The molecule has 0 aliphatic carbocycles. The highest BCUT2D eigenvalue weighted by Gasteiger charge is 2.22. The van der Waals surface area contributed by atoms with Crippen molar-refractivity contribution in [2.45, 2.75) is 26.3 Å². The van der Waals surface area contributed by atoms with E-state index in [0.29, 0.717) is 10.0 Å². The first-order valence-electron chi connectivity index (χ1n) is 6.45. The number of rotatable bonds is 5. The van der Waals surface area contributed by atoms with Gasteiger partial charge in [0.05, 0.1) is 11.1 Å². The van der Waals surface area contributed by atoms with Crippen molar-refractivity contribution >= 4 is 38.9 Å². The smallest absolute Gasteiger partial charge is 0.148 e. The van der Waals surface area contributed by atoms with Gasteiger partial charge in [0.15, 0.2) is 0 Å². The van der Waals surface area contributed by atoms with E-state index in [1.165, 1.54) is 5.56 Å². The summed E-state index contributed by atoms with van der Waals surface area (Å²) >= 11 is 10.9. The second-order valence-electron chi connectivity index (χ2n) is 4.66. The van der Waals surface area contributed by atoms with Gasteiger partial charge in [0, 0.05) is 10.0 Å². The fourth-order valence-electron chi connectivity index (χ4n) is 2.11. The van der Waals surface area contributed by atoms with Crippen LogP contribution in [0, 0.1) is 12.7 Å². The largest absolute Gasteiger partial charge is 0.306 e. The number of benzene rings is 1. The van der Waals surface area contributed by atoms with Crippen LogP contribution in [0.5, 0.6) is 0 Å². The fourth-order valence-corrected chi connectivity index (χ4v) is 3.46. The van der Waals surface area contributed by atoms with Crippen molar-refractivity contribution in [2.24, 2.45) is 0 Å². The van der Waals surface area contributed by atoms with Crippen LogP contribution >= 0.6 is 38.9 Å². The number of thiophene rings is 1. The maximum Gasteiger partial charge on any atom is 0.148 e. The lowest BCUT2D eigenvalue weighted by atomic mass is 9.97. The van der Waals surface area contributed by atoms with E-state index in [0.717, 1.165) is 18.5 Å². The van der Waals surface area contributed by atoms with Gasteiger partial charge in [-0.3, -0.25) is 0 Å². The lowest BCUT2D eigenvalue weighted by Crippen LogP contribution is -2.24. The first-order chi connectivity index (χ1) is 9.56. The van der Waals surface area contributed by atoms with Crippen molar-refractivity contribution in [3.63, 3.8) is 0 Å². The monoisotopic (exact) mass is 375 g/mol. The Morgan fingerprint density at radius 2 is 2.10 bits per heavy atom. The molecule has 1 unspecified atom stereocenters. The molecule has 0 amide bonds. The third-order valence-corrected chi connectivity index (χ3v) is 5.32. The minimum atomic E-state index is -0.361. The van der Waals surface area contributed by atoms with Crippen LogP contribution < -0.4 is 5.32 Å². The van der Waals surface area contributed by atoms with Gasteiger partial charge in [0.1, 0.15) is 5.82 Å². The van der Waals surface area contributed by atoms with Gasteiger partial charge in [-0.1, -0.05) is 24.6 Å². The molecule has 1 atom stereocenters. The van der Waals surface area contributed by atoms with Gasteiger partial charge in [-0.25, -0.2) is 4.39 Å². The van der Waals surface area contributed by atoms with Gasteiger partial charge in [-0.05, 0) is 63.8 Å². The van der Waals surface area contributed by atoms with Gasteiger partial charge in [0.2, 0.25) is 0 Å². The SMILES string of the molecule is CCCNC(c1cscc1C)c1ccc(Br)c(Cl)c1F. The molecule has 1 aromatic heterocycles. The molecule has 5 heteroatoms. The highest BCUT2D eigenvalue weighted by molar-refractivity contribution is 9.10. The zero-order valence-electron chi connectivity index (χ0n) is 11.3. The van der Waals surface area contributed by atoms with Crippen LogP contribution in [-0.4, -0.2) is 6.54 Å². The molecule has 0 radical (unpaired) electrons. The second kappa shape index (κ2) is 7.03. The summed E-state index contributed by atoms with van der Waals surface area (Å²) in [6.45, 7) is 4.97. The average Bonchev–Trinajstić information content (AvgIpc) is 2.85. The Bertz CT molecular complexity index is 600. The maximum atomic E-state index is 14.5. The van der Waals surface area contributed by atoms with E-state index >= 15 is 0 Å². The molecular formula is C15H16BrClFNS. The summed E-state index contributed by atoms with van der Waals surface area (Å²) in [5.74, 6) is -0.361. The molecule has 20 heavy (non-hydrogen) atoms. The molecule has 0 aliphatic heterocycles. The number of aryl methyl sites for hydroxylation is 1. The summed E-state index contributed by atoms with van der Waals surface area (Å²) in [6, 6.07) is 3.42. The van der Waals surface area contributed by atoms with Gasteiger partial charge >= 0.3 is 0 Å². The zero-order valence-corrected chi connectivity index (χ0v) is 14.5. The molecule has 1 nitrogen and oxygen atoms in total. The molecule has 1 heterocycles. The molecule has 0 saturated heterocycles. The van der Waals surface area contributed by atoms with E-state index in [2.05, 4.69) is 38.9 Å². The Balaban J connectivity index is 2.47. The van der Waals surface area contributed by atoms with Crippen molar-refractivity contribution in [1.82, 2.24) is 5.32 Å². The van der Waals surface area contributed by atoms with Crippen LogP contribution in [0.15, 0.2) is 27.4 Å². The number of halogens is 3. The van der Waals surface area contributed by atoms with Crippen molar-refractivity contribution in [1.29, 1.82) is 0 Å². The maximum absolute atomic E-state index is 14.5. The lowest BCUT2D eigenvalue weighted by molar-refractivity contribution is 0.546. The molecule has 2 rings (SSSR count). The van der Waals surface area contributed by atoms with Crippen LogP contribution in [0.25, 0.3) is 0 Å². The predicted molar refractivity (Wildman–Crippen MR) is 88.3 cm³/mol. The summed E-state index contributed by atoms with van der Waals surface area (Å²) in [5.41, 5.74) is 2.87. The molecule has 1 aromatic carbocycles. The molecule has 0 bridgehead atoms. The Kier molecular flexibility index (Phi) is 5.61. The van der Waals surface area contributed by atoms with Crippen molar-refractivity contribution in [2.75, 3.05) is 6.54 Å². The second-order valence-corrected chi connectivity index (χ2v) is 6.64. The third kappa shape index (κ3) is 3.25. The summed E-state index contributed by atoms with van der Waals surface area (Å²) < 4.78 is 15.0. The minimum absolute atomic E-state index is 0.138. The number of hydrogen-bond acceptors (Lipinski definition) is 2. The normalized spacial score (nSPS) is 12.7. The molecule has 0 saturated carbocycles. The highest BCUT2D eigenvalue weighted by atomic mass is 79.9. The molecule has 1 N–H and O–H groups in total. The Labute approximate surface area is 136 Å². The molecular weight excluding hydrogens is 361 g/mol. The average molecular weight is 377 g/mol. The Morgan fingerprint density at radius 1 is 1.35 bits per heavy atom. The van der Waals surface area contributed by atoms with E-state index in [-0.39, 0.29) is 16.9 Å². The molecule has 2 aromatic rings. The van der Waals surface area contributed by atoms with E-state index < -0.39 is 0 Å². The summed E-state index contributed by atoms with van der Waals surface area (Å²) in [5, 5.41) is 7.69. The van der Waals surface area contributed by atoms with Crippen LogP contribution in [0.1, 0.15) is 36.1 Å². The Morgan fingerprint density at radius 3 is 2.70 bits per heavy atom. The van der Waals surface area contributed by atoms with Crippen molar-refractivity contribution < 1.29 is 4.39 Å². The molecule has 0 spiro atoms. The number of nitrogens with one attached hydrogen (secondary N) is 1. The first-order valence-corrected chi connectivity index (χ1v) is 8.57. The zero-order chi connectivity index (χ0) is 14.7. The highest BCUT2D eigenvalue weighted by Crippen LogP contribution is 2.34. The van der Waals surface area contributed by atoms with Gasteiger partial charge in [-0.2, -0.15) is 11.3 Å². The van der Waals surface area contributed by atoms with E-state index in [4.69, 9.17) is 11.6 Å². The van der Waals surface area contributed by atoms with Crippen molar-refractivity contribution in [3.8, 4) is 0 Å². The van der Waals surface area contributed by atoms with E-state index in [1.54, 1.807) is 23.5 Å². The lowest BCUT2D eigenvalue weighted by Gasteiger charge is -2.20. The van der Waals surface area contributed by atoms with Crippen LogP contribution in [0.2, 0.25) is 5.02 Å². The minimum Gasteiger partial charge on any atom is -0.306 e. The summed E-state index contributed by atoms with van der Waals surface area (Å²) in [6.07, 6.45) is 0.992. The standard InChI is InChI=1S/C15H16BrClFNS/c1-3-6-19-15(11-8-20-7-9(11)2)10-4-5-12(16)13(17)14(10)18/h4-5,7-8,15,19H,3,6H2,1-2H3. The fraction of sp³-hybridized carbons (Fsp3) is 0.333. The molecule has 0 aliphatic rings.